The van der Waals surface area contributed by atoms with Crippen LogP contribution < -0.4 is 0 Å². The minimum Gasteiger partial charge on any atom is -0.467 e. The Balaban J connectivity index is 1.82. The topological polar surface area (TPSA) is 98.8 Å². The molecule has 1 heterocycles. The molecule has 1 aromatic rings. The molecule has 1 aliphatic heterocycles. The van der Waals surface area contributed by atoms with Gasteiger partial charge in [-0.15, -0.1) is 0 Å². The molecule has 0 aliphatic carbocycles. The van der Waals surface area contributed by atoms with Gasteiger partial charge in [-0.25, -0.2) is 9.59 Å². The third-order valence-electron chi connectivity index (χ3n) is 2.83. The van der Waals surface area contributed by atoms with Crippen molar-refractivity contribution in [3.63, 3.8) is 0 Å². The van der Waals surface area contributed by atoms with Gasteiger partial charge in [0.05, 0.1) is 18.6 Å². The molecule has 0 saturated carbocycles. The second-order valence-corrected chi connectivity index (χ2v) is 4.17. The molecule has 0 radical (unpaired) electrons. The first-order valence-electron chi connectivity index (χ1n) is 5.77. The molecule has 1 amide bonds. The summed E-state index contributed by atoms with van der Waals surface area (Å²) in [6.45, 7) is 0.271. The zero-order valence-electron chi connectivity index (χ0n) is 10.6. The van der Waals surface area contributed by atoms with Gasteiger partial charge in [0.1, 0.15) is 6.61 Å². The smallest absolute Gasteiger partial charge is 0.411 e. The molecule has 20 heavy (non-hydrogen) atoms. The maximum absolute atomic E-state index is 11.6. The Bertz CT molecular complexity index is 541. The molecular weight excluding hydrogens is 268 g/mol. The molecule has 106 valence electrons. The van der Waals surface area contributed by atoms with Gasteiger partial charge in [-0.2, -0.15) is 0 Å². The van der Waals surface area contributed by atoms with Crippen molar-refractivity contribution < 1.29 is 24.0 Å². The average Bonchev–Trinajstić information content (AvgIpc) is 3.24. The van der Waals surface area contributed by atoms with E-state index in [0.29, 0.717) is 5.56 Å². The maximum atomic E-state index is 11.6. The Kier molecular flexibility index (Phi) is 3.83. The summed E-state index contributed by atoms with van der Waals surface area (Å²) < 4.78 is 9.49. The number of carbonyl (C=O) groups is 2. The molecule has 0 bridgehead atoms. The summed E-state index contributed by atoms with van der Waals surface area (Å²) in [5.74, 6) is -0.475. The van der Waals surface area contributed by atoms with Crippen molar-refractivity contribution in [1.82, 2.24) is 4.90 Å². The maximum Gasteiger partial charge on any atom is 0.411 e. The van der Waals surface area contributed by atoms with Gasteiger partial charge in [0.2, 0.25) is 0 Å². The van der Waals surface area contributed by atoms with Crippen LogP contribution in [0.2, 0.25) is 0 Å². The SMILES string of the molecule is COC(=O)[C@@H]1CN1C(=O)OCc1ccc([N+](=O)[O-])cc1. The van der Waals surface area contributed by atoms with E-state index in [0.717, 1.165) is 0 Å². The van der Waals surface area contributed by atoms with Crippen LogP contribution in [0.15, 0.2) is 24.3 Å². The Morgan fingerprint density at radius 2 is 2.05 bits per heavy atom. The lowest BCUT2D eigenvalue weighted by molar-refractivity contribution is -0.384. The predicted molar refractivity (Wildman–Crippen MR) is 65.8 cm³/mol. The van der Waals surface area contributed by atoms with E-state index in [1.54, 1.807) is 0 Å². The van der Waals surface area contributed by atoms with Crippen LogP contribution in [0.3, 0.4) is 0 Å². The number of ether oxygens (including phenoxy) is 2. The summed E-state index contributed by atoms with van der Waals surface area (Å²) >= 11 is 0. The van der Waals surface area contributed by atoms with Crippen LogP contribution in [-0.2, 0) is 20.9 Å². The molecule has 1 fully saturated rings. The van der Waals surface area contributed by atoms with E-state index in [1.165, 1.54) is 36.3 Å². The number of nitro benzene ring substituents is 1. The third-order valence-corrected chi connectivity index (χ3v) is 2.83. The lowest BCUT2D eigenvalue weighted by atomic mass is 10.2. The number of esters is 1. The van der Waals surface area contributed by atoms with Crippen LogP contribution in [0.4, 0.5) is 10.5 Å². The van der Waals surface area contributed by atoms with Gasteiger partial charge in [0.15, 0.2) is 6.04 Å². The molecule has 8 heteroatoms. The summed E-state index contributed by atoms with van der Waals surface area (Å²) in [4.78, 5) is 33.9. The first-order valence-corrected chi connectivity index (χ1v) is 5.77. The highest BCUT2D eigenvalue weighted by molar-refractivity contribution is 5.86. The summed E-state index contributed by atoms with van der Waals surface area (Å²) in [6.07, 6.45) is -0.612. The Morgan fingerprint density at radius 3 is 2.60 bits per heavy atom. The zero-order chi connectivity index (χ0) is 14.7. The lowest BCUT2D eigenvalue weighted by Gasteiger charge is -2.06. The lowest BCUT2D eigenvalue weighted by Crippen LogP contribution is -2.20. The van der Waals surface area contributed by atoms with E-state index in [9.17, 15) is 19.7 Å². The van der Waals surface area contributed by atoms with Crippen LogP contribution in [-0.4, -0.2) is 41.6 Å². The standard InChI is InChI=1S/C12H12N2O6/c1-19-11(15)10-6-13(10)12(16)20-7-8-2-4-9(5-3-8)14(17)18/h2-5,10H,6-7H2,1H3/t10-,13?/m0/s1. The molecule has 8 nitrogen and oxygen atoms in total. The number of nitrogens with zero attached hydrogens (tertiary/aromatic N) is 2. The van der Waals surface area contributed by atoms with Crippen molar-refractivity contribution in [3.05, 3.63) is 39.9 Å². The van der Waals surface area contributed by atoms with Gasteiger partial charge in [-0.1, -0.05) is 0 Å². The van der Waals surface area contributed by atoms with Gasteiger partial charge in [0, 0.05) is 12.1 Å². The Morgan fingerprint density at radius 1 is 1.40 bits per heavy atom. The highest BCUT2D eigenvalue weighted by Crippen LogP contribution is 2.20. The van der Waals surface area contributed by atoms with E-state index in [4.69, 9.17) is 4.74 Å². The van der Waals surface area contributed by atoms with E-state index >= 15 is 0 Å². The molecule has 0 aromatic heterocycles. The minimum absolute atomic E-state index is 0.0127. The molecule has 0 spiro atoms. The van der Waals surface area contributed by atoms with E-state index in [-0.39, 0.29) is 18.8 Å². The van der Waals surface area contributed by atoms with Crippen molar-refractivity contribution >= 4 is 17.7 Å². The molecule has 0 unspecified atom stereocenters. The summed E-state index contributed by atoms with van der Waals surface area (Å²) in [6, 6.07) is 5.11. The van der Waals surface area contributed by atoms with Crippen molar-refractivity contribution in [2.75, 3.05) is 13.7 Å². The number of hydrogen-bond donors (Lipinski definition) is 0. The predicted octanol–water partition coefficient (Wildman–Crippen LogP) is 1.09. The van der Waals surface area contributed by atoms with Gasteiger partial charge in [-0.05, 0) is 17.7 Å². The fraction of sp³-hybridized carbons (Fsp3) is 0.333. The molecule has 1 saturated heterocycles. The molecule has 1 aromatic carbocycles. The molecule has 1 atom stereocenters. The Hall–Kier alpha value is -2.64. The molecule has 2 rings (SSSR count). The van der Waals surface area contributed by atoms with Crippen LogP contribution in [0, 0.1) is 10.1 Å². The minimum atomic E-state index is -0.612. The monoisotopic (exact) mass is 280 g/mol. The van der Waals surface area contributed by atoms with Crippen LogP contribution in [0.5, 0.6) is 0 Å². The number of hydrogen-bond acceptors (Lipinski definition) is 6. The highest BCUT2D eigenvalue weighted by atomic mass is 16.6. The molecule has 0 N–H and O–H groups in total. The number of nitro groups is 1. The third kappa shape index (κ3) is 3.02. The van der Waals surface area contributed by atoms with E-state index in [2.05, 4.69) is 4.74 Å². The van der Waals surface area contributed by atoms with Crippen LogP contribution in [0.1, 0.15) is 5.56 Å². The van der Waals surface area contributed by atoms with Crippen molar-refractivity contribution in [2.45, 2.75) is 12.6 Å². The molecular formula is C12H12N2O6. The van der Waals surface area contributed by atoms with Gasteiger partial charge in [0.25, 0.3) is 5.69 Å². The second-order valence-electron chi connectivity index (χ2n) is 4.17. The largest absolute Gasteiger partial charge is 0.467 e. The normalized spacial score (nSPS) is 16.4. The number of methoxy groups -OCH3 is 1. The van der Waals surface area contributed by atoms with Crippen LogP contribution >= 0.6 is 0 Å². The van der Waals surface area contributed by atoms with Crippen molar-refractivity contribution in [3.8, 4) is 0 Å². The van der Waals surface area contributed by atoms with Crippen molar-refractivity contribution in [2.24, 2.45) is 0 Å². The Labute approximate surface area is 114 Å². The number of non-ortho nitro benzene ring substituents is 1. The first-order chi connectivity index (χ1) is 9.52. The summed E-state index contributed by atoms with van der Waals surface area (Å²) in [5, 5.41) is 10.5. The summed E-state index contributed by atoms with van der Waals surface area (Å²) in [7, 11) is 1.25. The number of carbonyl (C=O) groups excluding carboxylic acids is 2. The molecule has 1 aliphatic rings. The fourth-order valence-corrected chi connectivity index (χ4v) is 1.62. The number of amides is 1. The van der Waals surface area contributed by atoms with E-state index < -0.39 is 23.0 Å². The van der Waals surface area contributed by atoms with E-state index in [1.807, 2.05) is 0 Å². The number of benzene rings is 1. The fourth-order valence-electron chi connectivity index (χ4n) is 1.62. The number of rotatable bonds is 4. The average molecular weight is 280 g/mol. The van der Waals surface area contributed by atoms with Gasteiger partial charge in [-0.3, -0.25) is 15.0 Å². The van der Waals surface area contributed by atoms with Crippen LogP contribution in [0.25, 0.3) is 0 Å². The van der Waals surface area contributed by atoms with Crippen molar-refractivity contribution in [1.29, 1.82) is 0 Å². The second kappa shape index (κ2) is 5.55. The summed E-state index contributed by atoms with van der Waals surface area (Å²) in [5.41, 5.74) is 0.595. The van der Waals surface area contributed by atoms with Gasteiger partial charge < -0.3 is 9.47 Å². The highest BCUT2D eigenvalue weighted by Gasteiger charge is 2.46. The first kappa shape index (κ1) is 13.8. The zero-order valence-corrected chi connectivity index (χ0v) is 10.6. The quantitative estimate of drug-likeness (QED) is 0.354. The van der Waals surface area contributed by atoms with Gasteiger partial charge >= 0.3 is 12.1 Å².